The van der Waals surface area contributed by atoms with Gasteiger partial charge in [0.1, 0.15) is 11.6 Å². The van der Waals surface area contributed by atoms with Crippen LogP contribution in [0.3, 0.4) is 0 Å². The molecular formula is C16H24FNO. The molecule has 2 nitrogen and oxygen atoms in total. The van der Waals surface area contributed by atoms with Crippen molar-refractivity contribution in [1.82, 2.24) is 0 Å². The highest BCUT2D eigenvalue weighted by molar-refractivity contribution is 5.57. The van der Waals surface area contributed by atoms with E-state index in [-0.39, 0.29) is 5.82 Å². The summed E-state index contributed by atoms with van der Waals surface area (Å²) < 4.78 is 18.8. The second-order valence-corrected chi connectivity index (χ2v) is 6.18. The van der Waals surface area contributed by atoms with Crippen LogP contribution in [0.5, 0.6) is 5.75 Å². The summed E-state index contributed by atoms with van der Waals surface area (Å²) in [7, 11) is 0. The van der Waals surface area contributed by atoms with Gasteiger partial charge in [-0.3, -0.25) is 0 Å². The molecule has 19 heavy (non-hydrogen) atoms. The smallest absolute Gasteiger partial charge is 0.145 e. The summed E-state index contributed by atoms with van der Waals surface area (Å²) >= 11 is 0. The summed E-state index contributed by atoms with van der Waals surface area (Å²) in [5.74, 6) is 0.365. The number of anilines is 1. The number of nitrogens with one attached hydrogen (secondary N) is 1. The van der Waals surface area contributed by atoms with Crippen LogP contribution in [0.1, 0.15) is 46.5 Å². The number of halogens is 1. The van der Waals surface area contributed by atoms with Crippen molar-refractivity contribution in [2.45, 2.75) is 52.5 Å². The molecule has 0 bridgehead atoms. The monoisotopic (exact) mass is 265 g/mol. The normalized spacial score (nSPS) is 22.0. The SMILES string of the molecule is CCOc1cc(F)ccc1NC1CCCC(C)(C)C1. The minimum absolute atomic E-state index is 0.252. The molecule has 1 aliphatic carbocycles. The maximum absolute atomic E-state index is 13.3. The lowest BCUT2D eigenvalue weighted by molar-refractivity contribution is 0.229. The zero-order chi connectivity index (χ0) is 13.9. The molecule has 1 aliphatic rings. The van der Waals surface area contributed by atoms with E-state index in [1.165, 1.54) is 31.4 Å². The third kappa shape index (κ3) is 3.85. The molecular weight excluding hydrogens is 241 g/mol. The van der Waals surface area contributed by atoms with Gasteiger partial charge in [-0.2, -0.15) is 0 Å². The van der Waals surface area contributed by atoms with Crippen LogP contribution in [0.25, 0.3) is 0 Å². The van der Waals surface area contributed by atoms with Gasteiger partial charge in [-0.1, -0.05) is 20.3 Å². The zero-order valence-corrected chi connectivity index (χ0v) is 12.1. The fourth-order valence-electron chi connectivity index (χ4n) is 2.93. The standard InChI is InChI=1S/C16H24FNO/c1-4-19-15-10-12(17)7-8-14(15)18-13-6-5-9-16(2,3)11-13/h7-8,10,13,18H,4-6,9,11H2,1-3H3. The minimum atomic E-state index is -0.252. The number of rotatable bonds is 4. The average Bonchev–Trinajstić information content (AvgIpc) is 2.32. The van der Waals surface area contributed by atoms with E-state index in [4.69, 9.17) is 4.74 Å². The third-order valence-corrected chi connectivity index (χ3v) is 3.81. The van der Waals surface area contributed by atoms with Gasteiger partial charge in [0.05, 0.1) is 12.3 Å². The van der Waals surface area contributed by atoms with Gasteiger partial charge in [-0.05, 0) is 43.7 Å². The summed E-state index contributed by atoms with van der Waals surface area (Å²) in [5.41, 5.74) is 1.30. The lowest BCUT2D eigenvalue weighted by Crippen LogP contribution is -2.31. The van der Waals surface area contributed by atoms with Crippen molar-refractivity contribution >= 4 is 5.69 Å². The molecule has 1 fully saturated rings. The Morgan fingerprint density at radius 1 is 1.42 bits per heavy atom. The molecule has 2 rings (SSSR count). The first-order valence-corrected chi connectivity index (χ1v) is 7.19. The third-order valence-electron chi connectivity index (χ3n) is 3.81. The molecule has 0 heterocycles. The molecule has 1 N–H and O–H groups in total. The van der Waals surface area contributed by atoms with E-state index in [0.29, 0.717) is 23.8 Å². The number of ether oxygens (including phenoxy) is 1. The predicted octanol–water partition coefficient (Wildman–Crippen LogP) is 4.61. The van der Waals surface area contributed by atoms with Crippen LogP contribution in [0.4, 0.5) is 10.1 Å². The molecule has 0 saturated heterocycles. The largest absolute Gasteiger partial charge is 0.492 e. The van der Waals surface area contributed by atoms with E-state index in [0.717, 1.165) is 12.1 Å². The van der Waals surface area contributed by atoms with Crippen LogP contribution in [0.2, 0.25) is 0 Å². The van der Waals surface area contributed by atoms with E-state index in [1.807, 2.05) is 6.92 Å². The summed E-state index contributed by atoms with van der Waals surface area (Å²) in [4.78, 5) is 0. The molecule has 1 unspecified atom stereocenters. The fraction of sp³-hybridized carbons (Fsp3) is 0.625. The molecule has 0 aliphatic heterocycles. The first kappa shape index (κ1) is 14.2. The van der Waals surface area contributed by atoms with Crippen molar-refractivity contribution in [2.24, 2.45) is 5.41 Å². The molecule has 1 atom stereocenters. The summed E-state index contributed by atoms with van der Waals surface area (Å²) in [6, 6.07) is 5.18. The quantitative estimate of drug-likeness (QED) is 0.858. The summed E-state index contributed by atoms with van der Waals surface area (Å²) in [5, 5.41) is 3.53. The topological polar surface area (TPSA) is 21.3 Å². The van der Waals surface area contributed by atoms with E-state index in [2.05, 4.69) is 19.2 Å². The Morgan fingerprint density at radius 3 is 2.89 bits per heavy atom. The Morgan fingerprint density at radius 2 is 2.21 bits per heavy atom. The van der Waals surface area contributed by atoms with Gasteiger partial charge in [0.2, 0.25) is 0 Å². The minimum Gasteiger partial charge on any atom is -0.492 e. The average molecular weight is 265 g/mol. The van der Waals surface area contributed by atoms with Gasteiger partial charge in [0.25, 0.3) is 0 Å². The Kier molecular flexibility index (Phi) is 4.33. The van der Waals surface area contributed by atoms with Gasteiger partial charge in [-0.25, -0.2) is 4.39 Å². The van der Waals surface area contributed by atoms with E-state index >= 15 is 0 Å². The van der Waals surface area contributed by atoms with E-state index in [9.17, 15) is 4.39 Å². The highest BCUT2D eigenvalue weighted by Gasteiger charge is 2.28. The van der Waals surface area contributed by atoms with Crippen LogP contribution >= 0.6 is 0 Å². The van der Waals surface area contributed by atoms with Crippen molar-refractivity contribution in [3.8, 4) is 5.75 Å². The molecule has 0 radical (unpaired) electrons. The molecule has 0 spiro atoms. The van der Waals surface area contributed by atoms with Crippen molar-refractivity contribution < 1.29 is 9.13 Å². The lowest BCUT2D eigenvalue weighted by Gasteiger charge is -2.36. The Labute approximate surface area is 115 Å². The van der Waals surface area contributed by atoms with Gasteiger partial charge >= 0.3 is 0 Å². The molecule has 106 valence electrons. The van der Waals surface area contributed by atoms with Gasteiger partial charge in [0, 0.05) is 12.1 Å². The molecule has 0 aromatic heterocycles. The highest BCUT2D eigenvalue weighted by Crippen LogP contribution is 2.37. The van der Waals surface area contributed by atoms with E-state index < -0.39 is 0 Å². The Bertz CT molecular complexity index is 431. The van der Waals surface area contributed by atoms with Crippen LogP contribution in [0.15, 0.2) is 18.2 Å². The van der Waals surface area contributed by atoms with Crippen LogP contribution in [-0.4, -0.2) is 12.6 Å². The first-order chi connectivity index (χ1) is 9.00. The maximum atomic E-state index is 13.3. The van der Waals surface area contributed by atoms with Crippen molar-refractivity contribution in [3.63, 3.8) is 0 Å². The molecule has 1 saturated carbocycles. The van der Waals surface area contributed by atoms with Crippen LogP contribution in [-0.2, 0) is 0 Å². The number of hydrogen-bond acceptors (Lipinski definition) is 2. The Balaban J connectivity index is 2.09. The van der Waals surface area contributed by atoms with Gasteiger partial charge in [0.15, 0.2) is 0 Å². The van der Waals surface area contributed by atoms with Crippen molar-refractivity contribution in [3.05, 3.63) is 24.0 Å². The van der Waals surface area contributed by atoms with Gasteiger partial charge in [-0.15, -0.1) is 0 Å². The second kappa shape index (κ2) is 5.81. The fourth-order valence-corrected chi connectivity index (χ4v) is 2.93. The highest BCUT2D eigenvalue weighted by atomic mass is 19.1. The van der Waals surface area contributed by atoms with Crippen molar-refractivity contribution in [2.75, 3.05) is 11.9 Å². The molecule has 0 amide bonds. The molecule has 1 aromatic carbocycles. The number of hydrogen-bond donors (Lipinski definition) is 1. The van der Waals surface area contributed by atoms with Crippen LogP contribution < -0.4 is 10.1 Å². The summed E-state index contributed by atoms with van der Waals surface area (Å²) in [6.45, 7) is 7.09. The van der Waals surface area contributed by atoms with Gasteiger partial charge < -0.3 is 10.1 Å². The number of benzene rings is 1. The van der Waals surface area contributed by atoms with E-state index in [1.54, 1.807) is 6.07 Å². The zero-order valence-electron chi connectivity index (χ0n) is 12.1. The lowest BCUT2D eigenvalue weighted by atomic mass is 9.75. The van der Waals surface area contributed by atoms with Crippen LogP contribution in [0, 0.1) is 11.2 Å². The first-order valence-electron chi connectivity index (χ1n) is 7.19. The summed E-state index contributed by atoms with van der Waals surface area (Å²) in [6.07, 6.45) is 4.85. The van der Waals surface area contributed by atoms with Crippen molar-refractivity contribution in [1.29, 1.82) is 0 Å². The maximum Gasteiger partial charge on any atom is 0.145 e. The predicted molar refractivity (Wildman–Crippen MR) is 77.2 cm³/mol. The Hall–Kier alpha value is -1.25. The second-order valence-electron chi connectivity index (χ2n) is 6.18. The molecule has 1 aromatic rings. The molecule has 3 heteroatoms.